The van der Waals surface area contributed by atoms with Gasteiger partial charge in [0.15, 0.2) is 0 Å². The molecule has 0 fully saturated rings. The fraction of sp³-hybridized carbons (Fsp3) is 1.00. The van der Waals surface area contributed by atoms with Gasteiger partial charge in [-0.15, -0.1) is 0 Å². The van der Waals surface area contributed by atoms with Gasteiger partial charge in [-0.25, -0.2) is 0 Å². The summed E-state index contributed by atoms with van der Waals surface area (Å²) in [6.07, 6.45) is 0. The Bertz CT molecular complexity index is 60.5. The third kappa shape index (κ3) is 12.8. The van der Waals surface area contributed by atoms with Crippen molar-refractivity contribution in [3.63, 3.8) is 0 Å². The molecule has 0 atom stereocenters. The largest absolute Gasteiger partial charge is 0.395 e. The smallest absolute Gasteiger partial charge is 0.0558 e. The van der Waals surface area contributed by atoms with Gasteiger partial charge < -0.3 is 10.2 Å². The molecule has 0 amide bonds. The summed E-state index contributed by atoms with van der Waals surface area (Å²) in [7, 11) is 0. The van der Waals surface area contributed by atoms with Gasteiger partial charge in [0.1, 0.15) is 0 Å². The van der Waals surface area contributed by atoms with Crippen molar-refractivity contribution in [1.82, 2.24) is 4.90 Å². The summed E-state index contributed by atoms with van der Waals surface area (Å²) in [5, 5.41) is 16.9. The SMILES string of the molecule is CCN(CCO)CCO.[Ac].[Ac]. The number of rotatable bonds is 5. The molecule has 0 aromatic heterocycles. The van der Waals surface area contributed by atoms with Crippen LogP contribution < -0.4 is 0 Å². The van der Waals surface area contributed by atoms with E-state index in [1.165, 1.54) is 0 Å². The predicted molar refractivity (Wildman–Crippen MR) is 36.3 cm³/mol. The fourth-order valence-electron chi connectivity index (χ4n) is 0.711. The van der Waals surface area contributed by atoms with Gasteiger partial charge >= 0.3 is 0 Å². The van der Waals surface area contributed by atoms with E-state index in [0.29, 0.717) is 13.1 Å². The van der Waals surface area contributed by atoms with E-state index in [4.69, 9.17) is 10.2 Å². The number of nitrogens with zero attached hydrogens (tertiary/aromatic N) is 1. The standard InChI is InChI=1S/C6H15NO2.2Ac/c1-2-7(3-5-8)4-6-9;;/h8-9H,2-6H2,1H3;;. The maximum absolute atomic E-state index is 8.47. The van der Waals surface area contributed by atoms with Crippen LogP contribution in [0, 0.1) is 88.1 Å². The summed E-state index contributed by atoms with van der Waals surface area (Å²) in [5.74, 6) is 0. The molecule has 0 saturated carbocycles. The minimum Gasteiger partial charge on any atom is -0.395 e. The topological polar surface area (TPSA) is 43.7 Å². The van der Waals surface area contributed by atoms with E-state index < -0.39 is 0 Å². The van der Waals surface area contributed by atoms with Crippen LogP contribution in [0.25, 0.3) is 0 Å². The maximum atomic E-state index is 8.47. The third-order valence-corrected chi connectivity index (χ3v) is 1.28. The first-order valence-electron chi connectivity index (χ1n) is 3.29. The second kappa shape index (κ2) is 15.2. The van der Waals surface area contributed by atoms with Crippen molar-refractivity contribution in [2.24, 2.45) is 0 Å². The molecule has 0 saturated heterocycles. The maximum Gasteiger partial charge on any atom is 0.0558 e. The third-order valence-electron chi connectivity index (χ3n) is 1.28. The van der Waals surface area contributed by atoms with Gasteiger partial charge in [-0.2, -0.15) is 0 Å². The second-order valence-corrected chi connectivity index (χ2v) is 1.88. The summed E-state index contributed by atoms with van der Waals surface area (Å²) >= 11 is 0. The summed E-state index contributed by atoms with van der Waals surface area (Å²) < 4.78 is 0. The van der Waals surface area contributed by atoms with Crippen LogP contribution >= 0.6 is 0 Å². The van der Waals surface area contributed by atoms with E-state index in [1.54, 1.807) is 0 Å². The molecular formula is C6H15Ac2NO2. The first kappa shape index (κ1) is 19.4. The van der Waals surface area contributed by atoms with Crippen molar-refractivity contribution in [3.8, 4) is 0 Å². The molecular weight excluding hydrogens is 572 g/mol. The molecule has 5 heteroatoms. The average Bonchev–Trinajstić information content (AvgIpc) is 1.88. The molecule has 0 aliphatic rings. The zero-order chi connectivity index (χ0) is 7.11. The molecule has 0 aliphatic carbocycles. The molecule has 2 N–H and O–H groups in total. The molecule has 11 heavy (non-hydrogen) atoms. The van der Waals surface area contributed by atoms with Crippen LogP contribution in [0.1, 0.15) is 6.92 Å². The van der Waals surface area contributed by atoms with E-state index in [2.05, 4.69) is 0 Å². The van der Waals surface area contributed by atoms with Crippen LogP contribution in [0.3, 0.4) is 0 Å². The van der Waals surface area contributed by atoms with Crippen molar-refractivity contribution >= 4 is 0 Å². The summed E-state index contributed by atoms with van der Waals surface area (Å²) in [4.78, 5) is 1.99. The minimum atomic E-state index is 0. The number of aliphatic hydroxyl groups excluding tert-OH is 2. The van der Waals surface area contributed by atoms with Crippen LogP contribution in [0.2, 0.25) is 0 Å². The van der Waals surface area contributed by atoms with Gasteiger partial charge in [0.25, 0.3) is 0 Å². The minimum absolute atomic E-state index is 0. The molecule has 0 unspecified atom stereocenters. The molecule has 0 bridgehead atoms. The Hall–Kier alpha value is 2.76. The Kier molecular flexibility index (Phi) is 26.8. The Morgan fingerprint density at radius 1 is 1.00 bits per heavy atom. The van der Waals surface area contributed by atoms with Gasteiger partial charge in [-0.05, 0) is 6.54 Å². The molecule has 0 spiro atoms. The summed E-state index contributed by atoms with van der Waals surface area (Å²) in [6.45, 7) is 4.57. The van der Waals surface area contributed by atoms with Crippen LogP contribution in [0.15, 0.2) is 0 Å². The fourth-order valence-corrected chi connectivity index (χ4v) is 0.711. The number of hydrogen-bond acceptors (Lipinski definition) is 3. The zero-order valence-electron chi connectivity index (χ0n) is 7.03. The van der Waals surface area contributed by atoms with Crippen molar-refractivity contribution < 1.29 is 98.3 Å². The molecule has 0 aromatic rings. The van der Waals surface area contributed by atoms with E-state index in [-0.39, 0.29) is 101 Å². The van der Waals surface area contributed by atoms with Crippen LogP contribution in [0.4, 0.5) is 0 Å². The summed E-state index contributed by atoms with van der Waals surface area (Å²) in [6, 6.07) is 0. The monoisotopic (exact) mass is 587 g/mol. The van der Waals surface area contributed by atoms with Crippen molar-refractivity contribution in [3.05, 3.63) is 0 Å². The zero-order valence-corrected chi connectivity index (χ0v) is 16.5. The Morgan fingerprint density at radius 3 is 1.55 bits per heavy atom. The van der Waals surface area contributed by atoms with Crippen molar-refractivity contribution in [2.75, 3.05) is 32.8 Å². The number of hydrogen-bond donors (Lipinski definition) is 2. The van der Waals surface area contributed by atoms with E-state index in [0.717, 1.165) is 6.54 Å². The molecule has 3 nitrogen and oxygen atoms in total. The quantitative estimate of drug-likeness (QED) is 0.448. The molecule has 0 heterocycles. The van der Waals surface area contributed by atoms with Crippen LogP contribution in [-0.4, -0.2) is 48.0 Å². The van der Waals surface area contributed by atoms with E-state index in [1.807, 2.05) is 11.8 Å². The molecule has 2 radical (unpaired) electrons. The Balaban J connectivity index is -0.000000320. The molecule has 0 rings (SSSR count). The van der Waals surface area contributed by atoms with E-state index >= 15 is 0 Å². The molecule has 0 aliphatic heterocycles. The normalized spacial score (nSPS) is 8.73. The first-order valence-corrected chi connectivity index (χ1v) is 3.29. The van der Waals surface area contributed by atoms with Crippen molar-refractivity contribution in [2.45, 2.75) is 6.92 Å². The number of likely N-dealkylation sites (N-methyl/N-ethyl adjacent to an activating group) is 1. The van der Waals surface area contributed by atoms with E-state index in [9.17, 15) is 0 Å². The van der Waals surface area contributed by atoms with Crippen LogP contribution in [-0.2, 0) is 0 Å². The predicted octanol–water partition coefficient (Wildman–Crippen LogP) is -0.707. The first-order chi connectivity index (χ1) is 4.35. The van der Waals surface area contributed by atoms with Gasteiger partial charge in [0.05, 0.1) is 13.2 Å². The van der Waals surface area contributed by atoms with Crippen molar-refractivity contribution in [1.29, 1.82) is 0 Å². The van der Waals surface area contributed by atoms with Gasteiger partial charge in [-0.1, -0.05) is 6.92 Å². The Labute approximate surface area is 140 Å². The van der Waals surface area contributed by atoms with Gasteiger partial charge in [0.2, 0.25) is 0 Å². The Morgan fingerprint density at radius 2 is 1.36 bits per heavy atom. The molecule has 0 aromatic carbocycles. The van der Waals surface area contributed by atoms with Crippen LogP contribution in [0.5, 0.6) is 0 Å². The van der Waals surface area contributed by atoms with Gasteiger partial charge in [-0.3, -0.25) is 4.90 Å². The number of aliphatic hydroxyl groups is 2. The average molecular weight is 587 g/mol. The summed E-state index contributed by atoms with van der Waals surface area (Å²) in [5.41, 5.74) is 0. The molecule has 62 valence electrons. The second-order valence-electron chi connectivity index (χ2n) is 1.88. The van der Waals surface area contributed by atoms with Gasteiger partial charge in [0, 0.05) is 101 Å².